The van der Waals surface area contributed by atoms with E-state index in [0.717, 1.165) is 50.8 Å². The summed E-state index contributed by atoms with van der Waals surface area (Å²) in [6, 6.07) is 16.6. The Balaban J connectivity index is 1.36. The average Bonchev–Trinajstić information content (AvgIpc) is 2.60. The molecule has 1 saturated heterocycles. The van der Waals surface area contributed by atoms with E-state index in [1.807, 2.05) is 19.1 Å². The minimum absolute atomic E-state index is 0.702. The van der Waals surface area contributed by atoms with E-state index in [1.165, 1.54) is 5.56 Å². The van der Waals surface area contributed by atoms with Crippen LogP contribution in [0.25, 0.3) is 0 Å². The van der Waals surface area contributed by atoms with Gasteiger partial charge in [-0.25, -0.2) is 4.98 Å². The Kier molecular flexibility index (Phi) is 5.61. The lowest BCUT2D eigenvalue weighted by Crippen LogP contribution is -2.47. The summed E-state index contributed by atoms with van der Waals surface area (Å²) in [7, 11) is 0. The molecule has 2 aromatic rings. The van der Waals surface area contributed by atoms with E-state index >= 15 is 0 Å². The summed E-state index contributed by atoms with van der Waals surface area (Å²) >= 11 is 0. The first-order valence-electron chi connectivity index (χ1n) is 8.34. The largest absolute Gasteiger partial charge is 0.375 e. The maximum absolute atomic E-state index is 5.78. The highest BCUT2D eigenvalue weighted by Crippen LogP contribution is 2.13. The van der Waals surface area contributed by atoms with Crippen LogP contribution in [0.4, 0.5) is 5.82 Å². The highest BCUT2D eigenvalue weighted by Gasteiger charge is 2.17. The Morgan fingerprint density at radius 1 is 0.957 bits per heavy atom. The molecule has 1 aliphatic rings. The van der Waals surface area contributed by atoms with Crippen LogP contribution in [0.3, 0.4) is 0 Å². The summed E-state index contributed by atoms with van der Waals surface area (Å²) in [6.07, 6.45) is 0. The normalized spacial score (nSPS) is 15.8. The zero-order valence-corrected chi connectivity index (χ0v) is 13.8. The fourth-order valence-corrected chi connectivity index (χ4v) is 2.86. The molecule has 4 heteroatoms. The van der Waals surface area contributed by atoms with Gasteiger partial charge < -0.3 is 9.64 Å². The van der Waals surface area contributed by atoms with E-state index in [1.54, 1.807) is 0 Å². The van der Waals surface area contributed by atoms with Crippen LogP contribution < -0.4 is 4.90 Å². The third-order valence-electron chi connectivity index (χ3n) is 4.23. The lowest BCUT2D eigenvalue weighted by Gasteiger charge is -2.35. The summed E-state index contributed by atoms with van der Waals surface area (Å²) in [5.74, 6) is 1.10. The molecule has 0 atom stereocenters. The average molecular weight is 311 g/mol. The summed E-state index contributed by atoms with van der Waals surface area (Å²) in [4.78, 5) is 9.45. The Labute approximate surface area is 138 Å². The molecule has 0 radical (unpaired) electrons. The van der Waals surface area contributed by atoms with Gasteiger partial charge in [-0.1, -0.05) is 36.4 Å². The molecule has 0 saturated carbocycles. The van der Waals surface area contributed by atoms with Crippen molar-refractivity contribution in [2.24, 2.45) is 0 Å². The van der Waals surface area contributed by atoms with Gasteiger partial charge in [0.1, 0.15) is 5.82 Å². The van der Waals surface area contributed by atoms with Crippen LogP contribution in [0.2, 0.25) is 0 Å². The van der Waals surface area contributed by atoms with Crippen LogP contribution in [-0.2, 0) is 11.3 Å². The monoisotopic (exact) mass is 311 g/mol. The number of aryl methyl sites for hydroxylation is 1. The molecule has 2 heterocycles. The Morgan fingerprint density at radius 3 is 2.48 bits per heavy atom. The molecule has 23 heavy (non-hydrogen) atoms. The van der Waals surface area contributed by atoms with Crippen molar-refractivity contribution in [3.63, 3.8) is 0 Å². The summed E-state index contributed by atoms with van der Waals surface area (Å²) in [5.41, 5.74) is 2.32. The maximum Gasteiger partial charge on any atom is 0.128 e. The van der Waals surface area contributed by atoms with E-state index in [2.05, 4.69) is 51.2 Å². The van der Waals surface area contributed by atoms with E-state index in [-0.39, 0.29) is 0 Å². The van der Waals surface area contributed by atoms with Gasteiger partial charge >= 0.3 is 0 Å². The van der Waals surface area contributed by atoms with Crippen molar-refractivity contribution in [3.8, 4) is 0 Å². The van der Waals surface area contributed by atoms with E-state index in [9.17, 15) is 0 Å². The van der Waals surface area contributed by atoms with Gasteiger partial charge in [0.2, 0.25) is 0 Å². The van der Waals surface area contributed by atoms with Gasteiger partial charge in [0.15, 0.2) is 0 Å². The van der Waals surface area contributed by atoms with E-state index < -0.39 is 0 Å². The van der Waals surface area contributed by atoms with Gasteiger partial charge in [0.25, 0.3) is 0 Å². The fraction of sp³-hybridized carbons (Fsp3) is 0.421. The minimum atomic E-state index is 0.702. The third-order valence-corrected chi connectivity index (χ3v) is 4.23. The SMILES string of the molecule is Cc1cccc(N2CCN(CCOCc3ccccc3)CC2)n1. The van der Waals surface area contributed by atoms with Gasteiger partial charge in [0, 0.05) is 38.4 Å². The first-order chi connectivity index (χ1) is 11.3. The topological polar surface area (TPSA) is 28.6 Å². The number of piperazine rings is 1. The smallest absolute Gasteiger partial charge is 0.128 e. The van der Waals surface area contributed by atoms with Crippen molar-refractivity contribution in [1.29, 1.82) is 0 Å². The zero-order chi connectivity index (χ0) is 15.9. The lowest BCUT2D eigenvalue weighted by atomic mass is 10.2. The predicted molar refractivity (Wildman–Crippen MR) is 93.7 cm³/mol. The number of anilines is 1. The van der Waals surface area contributed by atoms with Crippen molar-refractivity contribution < 1.29 is 4.74 Å². The molecule has 1 aromatic heterocycles. The predicted octanol–water partition coefficient (Wildman–Crippen LogP) is 2.73. The van der Waals surface area contributed by atoms with Crippen LogP contribution in [0.1, 0.15) is 11.3 Å². The third kappa shape index (κ3) is 4.78. The van der Waals surface area contributed by atoms with Crippen LogP contribution in [0.15, 0.2) is 48.5 Å². The molecule has 0 spiro atoms. The van der Waals surface area contributed by atoms with Gasteiger partial charge in [-0.15, -0.1) is 0 Å². The Morgan fingerprint density at radius 2 is 1.74 bits per heavy atom. The second kappa shape index (κ2) is 8.09. The number of benzene rings is 1. The van der Waals surface area contributed by atoms with Crippen molar-refractivity contribution in [2.75, 3.05) is 44.2 Å². The molecule has 0 aliphatic carbocycles. The summed E-state index contributed by atoms with van der Waals surface area (Å²) < 4.78 is 5.78. The number of hydrogen-bond donors (Lipinski definition) is 0. The molecular formula is C19H25N3O. The summed E-state index contributed by atoms with van der Waals surface area (Å²) in [5, 5.41) is 0. The molecule has 0 amide bonds. The number of rotatable bonds is 6. The second-order valence-electron chi connectivity index (χ2n) is 6.00. The summed E-state index contributed by atoms with van der Waals surface area (Å²) in [6.45, 7) is 8.76. The van der Waals surface area contributed by atoms with Gasteiger partial charge in [-0.2, -0.15) is 0 Å². The first-order valence-corrected chi connectivity index (χ1v) is 8.34. The quantitative estimate of drug-likeness (QED) is 0.767. The number of hydrogen-bond acceptors (Lipinski definition) is 4. The standard InChI is InChI=1S/C19H25N3O/c1-17-6-5-9-19(20-17)22-12-10-21(11-13-22)14-15-23-16-18-7-3-2-4-8-18/h2-9H,10-16H2,1H3. The maximum atomic E-state index is 5.78. The van der Waals surface area contributed by atoms with Crippen molar-refractivity contribution in [1.82, 2.24) is 9.88 Å². The number of aromatic nitrogens is 1. The molecular weight excluding hydrogens is 286 g/mol. The molecule has 1 aliphatic heterocycles. The number of pyridine rings is 1. The minimum Gasteiger partial charge on any atom is -0.375 e. The molecule has 0 N–H and O–H groups in total. The highest BCUT2D eigenvalue weighted by molar-refractivity contribution is 5.39. The molecule has 0 unspecified atom stereocenters. The molecule has 1 fully saturated rings. The Hall–Kier alpha value is -1.91. The van der Waals surface area contributed by atoms with E-state index in [0.29, 0.717) is 6.61 Å². The van der Waals surface area contributed by atoms with Crippen molar-refractivity contribution in [2.45, 2.75) is 13.5 Å². The van der Waals surface area contributed by atoms with Crippen LogP contribution in [0.5, 0.6) is 0 Å². The van der Waals surface area contributed by atoms with Crippen LogP contribution in [0, 0.1) is 6.92 Å². The van der Waals surface area contributed by atoms with Gasteiger partial charge in [0.05, 0.1) is 13.2 Å². The number of nitrogens with zero attached hydrogens (tertiary/aromatic N) is 3. The second-order valence-corrected chi connectivity index (χ2v) is 6.00. The van der Waals surface area contributed by atoms with Crippen LogP contribution >= 0.6 is 0 Å². The van der Waals surface area contributed by atoms with Crippen molar-refractivity contribution in [3.05, 3.63) is 59.8 Å². The van der Waals surface area contributed by atoms with Gasteiger partial charge in [-0.05, 0) is 24.6 Å². The molecule has 3 rings (SSSR count). The number of ether oxygens (including phenoxy) is 1. The van der Waals surface area contributed by atoms with Crippen molar-refractivity contribution >= 4 is 5.82 Å². The molecule has 0 bridgehead atoms. The highest BCUT2D eigenvalue weighted by atomic mass is 16.5. The van der Waals surface area contributed by atoms with Crippen LogP contribution in [-0.4, -0.2) is 49.2 Å². The lowest BCUT2D eigenvalue weighted by molar-refractivity contribution is 0.0906. The first kappa shape index (κ1) is 16.0. The van der Waals surface area contributed by atoms with E-state index in [4.69, 9.17) is 4.74 Å². The Bertz CT molecular complexity index is 595. The molecule has 4 nitrogen and oxygen atoms in total. The van der Waals surface area contributed by atoms with Gasteiger partial charge in [-0.3, -0.25) is 4.90 Å². The zero-order valence-electron chi connectivity index (χ0n) is 13.8. The fourth-order valence-electron chi connectivity index (χ4n) is 2.86. The molecule has 1 aromatic carbocycles. The molecule has 122 valence electrons.